The van der Waals surface area contributed by atoms with Crippen molar-refractivity contribution >= 4 is 21.8 Å². The van der Waals surface area contributed by atoms with Crippen LogP contribution in [0.5, 0.6) is 5.75 Å². The summed E-state index contributed by atoms with van der Waals surface area (Å²) in [6.07, 6.45) is 0. The molecule has 18 heavy (non-hydrogen) atoms. The zero-order valence-electron chi connectivity index (χ0n) is 10.1. The molecule has 0 unspecified atom stereocenters. The molecule has 96 valence electrons. The van der Waals surface area contributed by atoms with E-state index >= 15 is 0 Å². The topological polar surface area (TPSA) is 87.1 Å². The number of carbonyl (C=O) groups is 1. The Balaban J connectivity index is 3.23. The van der Waals surface area contributed by atoms with Gasteiger partial charge in [-0.15, -0.1) is 0 Å². The van der Waals surface area contributed by atoms with E-state index in [0.717, 1.165) is 5.56 Å². The van der Waals surface area contributed by atoms with Gasteiger partial charge in [-0.05, 0) is 30.2 Å². The number of nitrogens with one attached hydrogen (secondary N) is 1. The first-order valence-corrected chi connectivity index (χ1v) is 6.11. The zero-order chi connectivity index (χ0) is 13.5. The molecule has 1 amide bonds. The van der Waals surface area contributed by atoms with E-state index in [4.69, 9.17) is 10.3 Å². The van der Waals surface area contributed by atoms with Crippen molar-refractivity contribution in [3.63, 3.8) is 0 Å². The summed E-state index contributed by atoms with van der Waals surface area (Å²) in [5.41, 5.74) is 9.53. The number of amides is 1. The molecular weight excluding hydrogens is 300 g/mol. The number of rotatable bonds is 5. The van der Waals surface area contributed by atoms with Gasteiger partial charge in [0, 0.05) is 16.4 Å². The largest absolute Gasteiger partial charge is 0.493 e. The van der Waals surface area contributed by atoms with Gasteiger partial charge in [0.2, 0.25) is 0 Å². The standard InChI is InChI=1S/C11H13BrN4O2/c1-3-18-10-4-7(6-15-16-13)9(12)5-8(10)11(17)14-2/h4-5H,3,6H2,1-2H3,(H,14,17). The molecule has 0 atom stereocenters. The zero-order valence-corrected chi connectivity index (χ0v) is 11.7. The smallest absolute Gasteiger partial charge is 0.254 e. The van der Waals surface area contributed by atoms with E-state index in [2.05, 4.69) is 31.3 Å². The molecule has 1 aromatic carbocycles. The van der Waals surface area contributed by atoms with Crippen LogP contribution in [0.4, 0.5) is 0 Å². The third-order valence-electron chi connectivity index (χ3n) is 2.22. The molecule has 0 saturated heterocycles. The van der Waals surface area contributed by atoms with Crippen molar-refractivity contribution in [3.8, 4) is 5.75 Å². The maximum Gasteiger partial charge on any atom is 0.254 e. The van der Waals surface area contributed by atoms with Crippen LogP contribution in [0.1, 0.15) is 22.8 Å². The Morgan fingerprint density at radius 2 is 2.33 bits per heavy atom. The maximum absolute atomic E-state index is 11.7. The Morgan fingerprint density at radius 1 is 1.61 bits per heavy atom. The van der Waals surface area contributed by atoms with Crippen molar-refractivity contribution in [1.82, 2.24) is 5.32 Å². The second-order valence-corrected chi connectivity index (χ2v) is 4.20. The van der Waals surface area contributed by atoms with Gasteiger partial charge in [-0.25, -0.2) is 0 Å². The minimum Gasteiger partial charge on any atom is -0.493 e. The molecule has 1 N–H and O–H groups in total. The molecule has 0 aliphatic rings. The molecule has 0 saturated carbocycles. The Labute approximate surface area is 113 Å². The van der Waals surface area contributed by atoms with Crippen LogP contribution >= 0.6 is 15.9 Å². The summed E-state index contributed by atoms with van der Waals surface area (Å²) in [6, 6.07) is 3.36. The molecule has 1 aromatic rings. The molecule has 0 heterocycles. The normalized spacial score (nSPS) is 9.50. The first-order valence-electron chi connectivity index (χ1n) is 5.32. The lowest BCUT2D eigenvalue weighted by atomic mass is 10.1. The Hall–Kier alpha value is -1.72. The van der Waals surface area contributed by atoms with Crippen molar-refractivity contribution in [2.45, 2.75) is 13.5 Å². The summed E-state index contributed by atoms with van der Waals surface area (Å²) in [5, 5.41) is 6.04. The molecule has 0 fully saturated rings. The number of azide groups is 1. The summed E-state index contributed by atoms with van der Waals surface area (Å²) in [4.78, 5) is 14.4. The fraction of sp³-hybridized carbons (Fsp3) is 0.364. The van der Waals surface area contributed by atoms with Crippen molar-refractivity contribution in [2.24, 2.45) is 5.11 Å². The Morgan fingerprint density at radius 3 is 2.89 bits per heavy atom. The first-order chi connectivity index (χ1) is 8.63. The van der Waals surface area contributed by atoms with Gasteiger partial charge in [-0.1, -0.05) is 21.0 Å². The second kappa shape index (κ2) is 6.88. The highest BCUT2D eigenvalue weighted by molar-refractivity contribution is 9.10. The van der Waals surface area contributed by atoms with Gasteiger partial charge in [0.1, 0.15) is 5.75 Å². The van der Waals surface area contributed by atoms with Crippen molar-refractivity contribution < 1.29 is 9.53 Å². The number of carbonyl (C=O) groups excluding carboxylic acids is 1. The van der Waals surface area contributed by atoms with E-state index in [1.165, 1.54) is 0 Å². The number of halogens is 1. The average Bonchev–Trinajstić information content (AvgIpc) is 2.38. The lowest BCUT2D eigenvalue weighted by molar-refractivity contribution is 0.0959. The predicted octanol–water partition coefficient (Wildman–Crippen LogP) is 3.02. The van der Waals surface area contributed by atoms with E-state index in [1.807, 2.05) is 6.92 Å². The number of hydrogen-bond acceptors (Lipinski definition) is 3. The minimum absolute atomic E-state index is 0.200. The summed E-state index contributed by atoms with van der Waals surface area (Å²) in [5.74, 6) is 0.248. The van der Waals surface area contributed by atoms with Gasteiger partial charge in [-0.3, -0.25) is 4.79 Å². The van der Waals surface area contributed by atoms with E-state index in [-0.39, 0.29) is 12.5 Å². The van der Waals surface area contributed by atoms with Crippen LogP contribution in [0, 0.1) is 0 Å². The molecular formula is C11H13BrN4O2. The van der Waals surface area contributed by atoms with E-state index < -0.39 is 0 Å². The second-order valence-electron chi connectivity index (χ2n) is 3.34. The summed E-state index contributed by atoms with van der Waals surface area (Å²) in [6.45, 7) is 2.49. The highest BCUT2D eigenvalue weighted by Crippen LogP contribution is 2.28. The van der Waals surface area contributed by atoms with Crippen LogP contribution in [0.3, 0.4) is 0 Å². The van der Waals surface area contributed by atoms with E-state index in [0.29, 0.717) is 22.4 Å². The fourth-order valence-electron chi connectivity index (χ4n) is 1.41. The summed E-state index contributed by atoms with van der Waals surface area (Å²) in [7, 11) is 1.56. The van der Waals surface area contributed by atoms with Crippen LogP contribution < -0.4 is 10.1 Å². The highest BCUT2D eigenvalue weighted by atomic mass is 79.9. The average molecular weight is 313 g/mol. The van der Waals surface area contributed by atoms with E-state index in [9.17, 15) is 4.79 Å². The lowest BCUT2D eigenvalue weighted by Gasteiger charge is -2.12. The molecule has 0 aromatic heterocycles. The summed E-state index contributed by atoms with van der Waals surface area (Å²) >= 11 is 3.34. The van der Waals surface area contributed by atoms with Crippen LogP contribution in [0.15, 0.2) is 21.7 Å². The molecule has 0 bridgehead atoms. The third kappa shape index (κ3) is 3.38. The van der Waals surface area contributed by atoms with Gasteiger partial charge in [0.15, 0.2) is 0 Å². The molecule has 0 spiro atoms. The molecule has 1 rings (SSSR count). The molecule has 0 aliphatic heterocycles. The van der Waals surface area contributed by atoms with Gasteiger partial charge in [0.05, 0.1) is 18.7 Å². The maximum atomic E-state index is 11.7. The van der Waals surface area contributed by atoms with Crippen LogP contribution in [-0.4, -0.2) is 19.6 Å². The van der Waals surface area contributed by atoms with Crippen LogP contribution in [-0.2, 0) is 6.54 Å². The first kappa shape index (κ1) is 14.3. The quantitative estimate of drug-likeness (QED) is 0.514. The number of hydrogen-bond donors (Lipinski definition) is 1. The lowest BCUT2D eigenvalue weighted by Crippen LogP contribution is -2.19. The number of benzene rings is 1. The Bertz CT molecular complexity index is 498. The van der Waals surface area contributed by atoms with Gasteiger partial charge < -0.3 is 10.1 Å². The van der Waals surface area contributed by atoms with Gasteiger partial charge in [-0.2, -0.15) is 0 Å². The Kier molecular flexibility index (Phi) is 5.48. The van der Waals surface area contributed by atoms with Crippen molar-refractivity contribution in [2.75, 3.05) is 13.7 Å². The number of nitrogens with zero attached hydrogens (tertiary/aromatic N) is 3. The monoisotopic (exact) mass is 312 g/mol. The van der Waals surface area contributed by atoms with Crippen molar-refractivity contribution in [1.29, 1.82) is 0 Å². The van der Waals surface area contributed by atoms with E-state index in [1.54, 1.807) is 19.2 Å². The minimum atomic E-state index is -0.227. The molecule has 0 aliphatic carbocycles. The highest BCUT2D eigenvalue weighted by Gasteiger charge is 2.14. The van der Waals surface area contributed by atoms with Crippen LogP contribution in [0.2, 0.25) is 0 Å². The number of ether oxygens (including phenoxy) is 1. The predicted molar refractivity (Wildman–Crippen MR) is 71.6 cm³/mol. The van der Waals surface area contributed by atoms with Crippen molar-refractivity contribution in [3.05, 3.63) is 38.2 Å². The van der Waals surface area contributed by atoms with Crippen LogP contribution in [0.25, 0.3) is 10.4 Å². The van der Waals surface area contributed by atoms with Gasteiger partial charge >= 0.3 is 0 Å². The molecule has 0 radical (unpaired) electrons. The molecule has 6 nitrogen and oxygen atoms in total. The fourth-order valence-corrected chi connectivity index (χ4v) is 1.88. The molecule has 7 heteroatoms. The van der Waals surface area contributed by atoms with Gasteiger partial charge in [0.25, 0.3) is 5.91 Å². The summed E-state index contributed by atoms with van der Waals surface area (Å²) < 4.78 is 6.12. The third-order valence-corrected chi connectivity index (χ3v) is 2.96. The SMILES string of the molecule is CCOc1cc(CN=[N+]=[N-])c(Br)cc1C(=O)NC.